The van der Waals surface area contributed by atoms with E-state index in [-0.39, 0.29) is 0 Å². The van der Waals surface area contributed by atoms with Crippen LogP contribution in [0, 0.1) is 20.8 Å². The topological polar surface area (TPSA) is 37.3 Å². The first kappa shape index (κ1) is 12.1. The van der Waals surface area contributed by atoms with Crippen LogP contribution in [0.2, 0.25) is 5.02 Å². The predicted molar refractivity (Wildman–Crippen MR) is 61.7 cm³/mol. The Kier molecular flexibility index (Phi) is 3.40. The van der Waals surface area contributed by atoms with Crippen molar-refractivity contribution in [2.75, 3.05) is 0 Å². The summed E-state index contributed by atoms with van der Waals surface area (Å²) in [5.74, 6) is -1.33. The van der Waals surface area contributed by atoms with Gasteiger partial charge in [0.05, 0.1) is 5.92 Å². The van der Waals surface area contributed by atoms with Gasteiger partial charge in [0.15, 0.2) is 0 Å². The Morgan fingerprint density at radius 1 is 1.33 bits per heavy atom. The second-order valence-electron chi connectivity index (χ2n) is 3.92. The number of carboxylic acid groups (broad SMARTS) is 1. The molecule has 0 saturated heterocycles. The van der Waals surface area contributed by atoms with E-state index in [1.54, 1.807) is 6.92 Å². The van der Waals surface area contributed by atoms with E-state index in [9.17, 15) is 4.79 Å². The van der Waals surface area contributed by atoms with Crippen LogP contribution >= 0.6 is 11.6 Å². The molecule has 0 spiro atoms. The van der Waals surface area contributed by atoms with Gasteiger partial charge in [-0.2, -0.15) is 0 Å². The van der Waals surface area contributed by atoms with Crippen molar-refractivity contribution in [2.24, 2.45) is 0 Å². The van der Waals surface area contributed by atoms with Crippen LogP contribution in [0.4, 0.5) is 0 Å². The molecule has 1 unspecified atom stereocenters. The summed E-state index contributed by atoms with van der Waals surface area (Å²) in [6, 6.07) is 1.93. The first-order valence-electron chi connectivity index (χ1n) is 4.85. The summed E-state index contributed by atoms with van der Waals surface area (Å²) in [6.45, 7) is 7.41. The summed E-state index contributed by atoms with van der Waals surface area (Å²) in [5.41, 5.74) is 3.69. The van der Waals surface area contributed by atoms with E-state index in [2.05, 4.69) is 0 Å². The number of hydrogen-bond acceptors (Lipinski definition) is 1. The number of benzene rings is 1. The molecular formula is C12H15ClO2. The van der Waals surface area contributed by atoms with Crippen molar-refractivity contribution in [1.29, 1.82) is 0 Å². The summed E-state index contributed by atoms with van der Waals surface area (Å²) < 4.78 is 0. The normalized spacial score (nSPS) is 12.6. The number of aliphatic carboxylic acids is 1. The standard InChI is InChI=1S/C12H15ClO2/c1-6-5-7(2)11(13)8(3)10(6)9(4)12(14)15/h5,9H,1-4H3,(H,14,15). The number of hydrogen-bond donors (Lipinski definition) is 1. The Labute approximate surface area is 94.9 Å². The molecule has 0 radical (unpaired) electrons. The number of carboxylic acids is 1. The van der Waals surface area contributed by atoms with Crippen LogP contribution in [-0.2, 0) is 4.79 Å². The molecule has 0 fully saturated rings. The zero-order valence-corrected chi connectivity index (χ0v) is 10.1. The third-order valence-electron chi connectivity index (χ3n) is 2.74. The Balaban J connectivity index is 3.42. The molecule has 3 heteroatoms. The first-order valence-corrected chi connectivity index (χ1v) is 5.23. The summed E-state index contributed by atoms with van der Waals surface area (Å²) in [5, 5.41) is 9.67. The summed E-state index contributed by atoms with van der Waals surface area (Å²) in [4.78, 5) is 11.0. The summed E-state index contributed by atoms with van der Waals surface area (Å²) >= 11 is 6.11. The molecule has 1 N–H and O–H groups in total. The Morgan fingerprint density at radius 2 is 1.87 bits per heavy atom. The zero-order chi connectivity index (χ0) is 11.7. The van der Waals surface area contributed by atoms with E-state index in [0.29, 0.717) is 5.02 Å². The number of halogens is 1. The smallest absolute Gasteiger partial charge is 0.310 e. The monoisotopic (exact) mass is 226 g/mol. The van der Waals surface area contributed by atoms with E-state index < -0.39 is 11.9 Å². The van der Waals surface area contributed by atoms with E-state index in [0.717, 1.165) is 22.3 Å². The maximum atomic E-state index is 11.0. The van der Waals surface area contributed by atoms with E-state index in [4.69, 9.17) is 16.7 Å². The van der Waals surface area contributed by atoms with Crippen molar-refractivity contribution >= 4 is 17.6 Å². The van der Waals surface area contributed by atoms with Crippen LogP contribution in [0.1, 0.15) is 35.1 Å². The van der Waals surface area contributed by atoms with Crippen LogP contribution in [0.3, 0.4) is 0 Å². The average molecular weight is 227 g/mol. The van der Waals surface area contributed by atoms with Gasteiger partial charge in [0, 0.05) is 5.02 Å². The molecule has 1 rings (SSSR count). The molecule has 0 amide bonds. The molecule has 0 aliphatic carbocycles. The number of carbonyl (C=O) groups is 1. The molecule has 2 nitrogen and oxygen atoms in total. The largest absolute Gasteiger partial charge is 0.481 e. The SMILES string of the molecule is Cc1cc(C)c(C(C)C(=O)O)c(C)c1Cl. The molecule has 0 aliphatic rings. The molecular weight excluding hydrogens is 212 g/mol. The minimum absolute atomic E-state index is 0.511. The van der Waals surface area contributed by atoms with Crippen LogP contribution in [0.5, 0.6) is 0 Å². The Hall–Kier alpha value is -1.02. The minimum atomic E-state index is -0.818. The predicted octanol–water partition coefficient (Wildman–Crippen LogP) is 3.45. The summed E-state index contributed by atoms with van der Waals surface area (Å²) in [7, 11) is 0. The fourth-order valence-electron chi connectivity index (χ4n) is 1.97. The summed E-state index contributed by atoms with van der Waals surface area (Å²) in [6.07, 6.45) is 0. The Morgan fingerprint density at radius 3 is 2.33 bits per heavy atom. The quantitative estimate of drug-likeness (QED) is 0.839. The van der Waals surface area contributed by atoms with Crippen LogP contribution in [0.15, 0.2) is 6.07 Å². The van der Waals surface area contributed by atoms with Gasteiger partial charge >= 0.3 is 5.97 Å². The number of aryl methyl sites for hydroxylation is 2. The van der Waals surface area contributed by atoms with Crippen molar-refractivity contribution in [1.82, 2.24) is 0 Å². The molecule has 1 aromatic carbocycles. The highest BCUT2D eigenvalue weighted by molar-refractivity contribution is 6.32. The molecule has 15 heavy (non-hydrogen) atoms. The lowest BCUT2D eigenvalue weighted by molar-refractivity contribution is -0.138. The van der Waals surface area contributed by atoms with Crippen molar-refractivity contribution in [3.05, 3.63) is 33.3 Å². The lowest BCUT2D eigenvalue weighted by atomic mass is 9.90. The fourth-order valence-corrected chi connectivity index (χ4v) is 2.12. The van der Waals surface area contributed by atoms with Gasteiger partial charge in [0.2, 0.25) is 0 Å². The number of rotatable bonds is 2. The van der Waals surface area contributed by atoms with Crippen LogP contribution < -0.4 is 0 Å². The third-order valence-corrected chi connectivity index (χ3v) is 3.32. The molecule has 82 valence electrons. The van der Waals surface area contributed by atoms with Gasteiger partial charge in [-0.1, -0.05) is 17.7 Å². The van der Waals surface area contributed by atoms with Gasteiger partial charge in [-0.3, -0.25) is 4.79 Å². The Bertz CT molecular complexity index is 411. The molecule has 0 heterocycles. The maximum absolute atomic E-state index is 11.0. The van der Waals surface area contributed by atoms with Gasteiger partial charge in [-0.05, 0) is 49.9 Å². The lowest BCUT2D eigenvalue weighted by Gasteiger charge is -2.16. The molecule has 0 aliphatic heterocycles. The fraction of sp³-hybridized carbons (Fsp3) is 0.417. The molecule has 1 aromatic rings. The van der Waals surface area contributed by atoms with Crippen LogP contribution in [-0.4, -0.2) is 11.1 Å². The van der Waals surface area contributed by atoms with Crippen LogP contribution in [0.25, 0.3) is 0 Å². The van der Waals surface area contributed by atoms with Crippen molar-refractivity contribution in [3.63, 3.8) is 0 Å². The second-order valence-corrected chi connectivity index (χ2v) is 4.30. The van der Waals surface area contributed by atoms with Crippen molar-refractivity contribution in [3.8, 4) is 0 Å². The molecule has 1 atom stereocenters. The van der Waals surface area contributed by atoms with Crippen molar-refractivity contribution < 1.29 is 9.90 Å². The maximum Gasteiger partial charge on any atom is 0.310 e. The highest BCUT2D eigenvalue weighted by atomic mass is 35.5. The highest BCUT2D eigenvalue weighted by Crippen LogP contribution is 2.31. The first-order chi connectivity index (χ1) is 6.86. The lowest BCUT2D eigenvalue weighted by Crippen LogP contribution is -2.11. The third kappa shape index (κ3) is 2.15. The average Bonchev–Trinajstić information content (AvgIpc) is 2.14. The van der Waals surface area contributed by atoms with E-state index >= 15 is 0 Å². The van der Waals surface area contributed by atoms with Gasteiger partial charge in [0.25, 0.3) is 0 Å². The molecule has 0 bridgehead atoms. The minimum Gasteiger partial charge on any atom is -0.481 e. The highest BCUT2D eigenvalue weighted by Gasteiger charge is 2.20. The second kappa shape index (κ2) is 4.23. The van der Waals surface area contributed by atoms with E-state index in [1.807, 2.05) is 26.8 Å². The van der Waals surface area contributed by atoms with Gasteiger partial charge in [-0.25, -0.2) is 0 Å². The van der Waals surface area contributed by atoms with Crippen molar-refractivity contribution in [2.45, 2.75) is 33.6 Å². The zero-order valence-electron chi connectivity index (χ0n) is 9.39. The van der Waals surface area contributed by atoms with E-state index in [1.165, 1.54) is 0 Å². The molecule has 0 aromatic heterocycles. The van der Waals surface area contributed by atoms with Gasteiger partial charge in [0.1, 0.15) is 0 Å². The molecule has 0 saturated carbocycles. The van der Waals surface area contributed by atoms with Gasteiger partial charge in [-0.15, -0.1) is 0 Å². The van der Waals surface area contributed by atoms with Gasteiger partial charge < -0.3 is 5.11 Å².